The molecule has 1 fully saturated rings. The van der Waals surface area contributed by atoms with Gasteiger partial charge in [-0.25, -0.2) is 13.2 Å². The van der Waals surface area contributed by atoms with Gasteiger partial charge in [-0.15, -0.1) is 0 Å². The van der Waals surface area contributed by atoms with Crippen molar-refractivity contribution >= 4 is 33.4 Å². The lowest BCUT2D eigenvalue weighted by Gasteiger charge is -2.26. The highest BCUT2D eigenvalue weighted by Gasteiger charge is 2.28. The van der Waals surface area contributed by atoms with E-state index in [2.05, 4.69) is 0 Å². The van der Waals surface area contributed by atoms with E-state index in [1.54, 1.807) is 0 Å². The summed E-state index contributed by atoms with van der Waals surface area (Å²) in [5.41, 5.74) is -0.0668. The molecule has 0 bridgehead atoms. The van der Waals surface area contributed by atoms with Crippen LogP contribution in [0.15, 0.2) is 23.1 Å². The second-order valence-corrected chi connectivity index (χ2v) is 8.11. The molecule has 6 nitrogen and oxygen atoms in total. The number of ether oxygens (including phenoxy) is 1. The molecule has 1 aromatic carbocycles. The largest absolute Gasteiger partial charge is 0.451 e. The van der Waals surface area contributed by atoms with Gasteiger partial charge in [0, 0.05) is 13.1 Å². The Morgan fingerprint density at radius 3 is 2.42 bits per heavy atom. The van der Waals surface area contributed by atoms with Gasteiger partial charge in [0.15, 0.2) is 11.9 Å². The number of benzene rings is 1. The third-order valence-electron chi connectivity index (χ3n) is 3.97. The van der Waals surface area contributed by atoms with Crippen molar-refractivity contribution in [2.75, 3.05) is 13.1 Å². The van der Waals surface area contributed by atoms with Crippen molar-refractivity contribution in [1.82, 2.24) is 4.31 Å². The number of Topliss-reactive ketones (excluding diaryl/α,β-unsaturated/α-hetero) is 1. The first-order valence-corrected chi connectivity index (χ1v) is 9.56. The topological polar surface area (TPSA) is 80.8 Å². The number of hydrogen-bond donors (Lipinski definition) is 0. The van der Waals surface area contributed by atoms with Crippen LogP contribution in [-0.2, 0) is 19.6 Å². The molecular formula is C16H20ClNO5S. The van der Waals surface area contributed by atoms with E-state index in [-0.39, 0.29) is 21.3 Å². The smallest absolute Gasteiger partial charge is 0.340 e. The van der Waals surface area contributed by atoms with Crippen LogP contribution in [0.5, 0.6) is 0 Å². The van der Waals surface area contributed by atoms with Crippen LogP contribution < -0.4 is 0 Å². The van der Waals surface area contributed by atoms with Crippen LogP contribution >= 0.6 is 11.6 Å². The lowest BCUT2D eigenvalue weighted by Crippen LogP contribution is -2.35. The Hall–Kier alpha value is -1.44. The highest BCUT2D eigenvalue weighted by molar-refractivity contribution is 7.89. The van der Waals surface area contributed by atoms with Gasteiger partial charge in [-0.3, -0.25) is 4.79 Å². The van der Waals surface area contributed by atoms with Crippen molar-refractivity contribution in [1.29, 1.82) is 0 Å². The van der Waals surface area contributed by atoms with Crippen LogP contribution in [0.4, 0.5) is 0 Å². The molecule has 0 saturated carbocycles. The summed E-state index contributed by atoms with van der Waals surface area (Å²) >= 11 is 6.00. The summed E-state index contributed by atoms with van der Waals surface area (Å²) in [6, 6.07) is 3.94. The third-order valence-corrected chi connectivity index (χ3v) is 6.19. The zero-order valence-electron chi connectivity index (χ0n) is 13.6. The number of carbonyl (C=O) groups is 2. The lowest BCUT2D eigenvalue weighted by atomic mass is 10.2. The van der Waals surface area contributed by atoms with Gasteiger partial charge in [-0.1, -0.05) is 18.0 Å². The van der Waals surface area contributed by atoms with E-state index >= 15 is 0 Å². The van der Waals surface area contributed by atoms with E-state index in [1.165, 1.54) is 36.4 Å². The molecule has 0 amide bonds. The number of esters is 1. The summed E-state index contributed by atoms with van der Waals surface area (Å²) in [4.78, 5) is 23.4. The molecule has 1 saturated heterocycles. The van der Waals surface area contributed by atoms with Gasteiger partial charge >= 0.3 is 5.97 Å². The molecule has 1 atom stereocenters. The highest BCUT2D eigenvalue weighted by Crippen LogP contribution is 2.25. The monoisotopic (exact) mass is 373 g/mol. The summed E-state index contributed by atoms with van der Waals surface area (Å²) in [5, 5.41) is 0.0772. The fraction of sp³-hybridized carbons (Fsp3) is 0.500. The average molecular weight is 374 g/mol. The maximum absolute atomic E-state index is 12.7. The number of carbonyl (C=O) groups excluding carboxylic acids is 2. The van der Waals surface area contributed by atoms with Gasteiger partial charge in [0.1, 0.15) is 0 Å². The summed E-state index contributed by atoms with van der Waals surface area (Å²) < 4.78 is 31.8. The Bertz CT molecular complexity index is 741. The predicted molar refractivity (Wildman–Crippen MR) is 89.6 cm³/mol. The number of nitrogens with zero attached hydrogens (tertiary/aromatic N) is 1. The van der Waals surface area contributed by atoms with Crippen LogP contribution in [0.2, 0.25) is 5.02 Å². The fourth-order valence-corrected chi connectivity index (χ4v) is 4.12. The molecular weight excluding hydrogens is 354 g/mol. The Labute approximate surface area is 146 Å². The molecule has 0 aliphatic carbocycles. The van der Waals surface area contributed by atoms with Gasteiger partial charge in [-0.05, 0) is 44.9 Å². The molecule has 1 aromatic rings. The number of halogens is 1. The molecule has 0 radical (unpaired) electrons. The minimum atomic E-state index is -3.68. The molecule has 0 N–H and O–H groups in total. The molecule has 0 aromatic heterocycles. The number of piperidine rings is 1. The maximum Gasteiger partial charge on any atom is 0.340 e. The van der Waals surface area contributed by atoms with Crippen molar-refractivity contribution in [2.24, 2.45) is 0 Å². The van der Waals surface area contributed by atoms with Gasteiger partial charge < -0.3 is 4.74 Å². The molecule has 132 valence electrons. The minimum Gasteiger partial charge on any atom is -0.451 e. The molecule has 1 unspecified atom stereocenters. The van der Waals surface area contributed by atoms with Crippen LogP contribution in [0, 0.1) is 0 Å². The molecule has 24 heavy (non-hydrogen) atoms. The molecule has 1 aliphatic rings. The van der Waals surface area contributed by atoms with Gasteiger partial charge in [0.25, 0.3) is 0 Å². The fourth-order valence-electron chi connectivity index (χ4n) is 2.38. The third kappa shape index (κ3) is 4.15. The number of ketones is 1. The molecule has 1 heterocycles. The SMILES string of the molecule is CC(=O)C(C)OC(=O)c1cc(S(=O)(=O)N2CCCCC2)ccc1Cl. The Morgan fingerprint density at radius 2 is 1.83 bits per heavy atom. The summed E-state index contributed by atoms with van der Waals surface area (Å²) in [6.45, 7) is 3.68. The first-order valence-electron chi connectivity index (χ1n) is 7.74. The van der Waals surface area contributed by atoms with Crippen LogP contribution in [0.25, 0.3) is 0 Å². The second kappa shape index (κ2) is 7.63. The van der Waals surface area contributed by atoms with E-state index in [0.717, 1.165) is 19.3 Å². The molecule has 2 rings (SSSR count). The maximum atomic E-state index is 12.7. The quantitative estimate of drug-likeness (QED) is 0.741. The average Bonchev–Trinajstić information content (AvgIpc) is 2.55. The van der Waals surface area contributed by atoms with Crippen LogP contribution in [-0.4, -0.2) is 43.7 Å². The Kier molecular flexibility index (Phi) is 6.01. The summed E-state index contributed by atoms with van der Waals surface area (Å²) in [6.07, 6.45) is 1.72. The Balaban J connectivity index is 2.31. The zero-order chi connectivity index (χ0) is 17.9. The molecule has 8 heteroatoms. The van der Waals surface area contributed by atoms with Gasteiger partial charge in [-0.2, -0.15) is 4.31 Å². The van der Waals surface area contributed by atoms with E-state index < -0.39 is 22.1 Å². The van der Waals surface area contributed by atoms with Crippen molar-refractivity contribution in [2.45, 2.75) is 44.1 Å². The number of rotatable bonds is 5. The zero-order valence-corrected chi connectivity index (χ0v) is 15.2. The first kappa shape index (κ1) is 18.9. The van der Waals surface area contributed by atoms with E-state index in [4.69, 9.17) is 16.3 Å². The lowest BCUT2D eigenvalue weighted by molar-refractivity contribution is -0.124. The van der Waals surface area contributed by atoms with Crippen LogP contribution in [0.1, 0.15) is 43.5 Å². The molecule has 1 aliphatic heterocycles. The summed E-state index contributed by atoms with van der Waals surface area (Å²) in [5.74, 6) is -1.13. The molecule has 0 spiro atoms. The minimum absolute atomic E-state index is 0.00349. The first-order chi connectivity index (χ1) is 11.2. The second-order valence-electron chi connectivity index (χ2n) is 5.76. The number of sulfonamides is 1. The number of hydrogen-bond acceptors (Lipinski definition) is 5. The normalized spacial score (nSPS) is 17.3. The predicted octanol–water partition coefficient (Wildman–Crippen LogP) is 2.65. The van der Waals surface area contributed by atoms with E-state index in [0.29, 0.717) is 13.1 Å². The van der Waals surface area contributed by atoms with E-state index in [9.17, 15) is 18.0 Å². The van der Waals surface area contributed by atoms with Gasteiger partial charge in [0.2, 0.25) is 10.0 Å². The van der Waals surface area contributed by atoms with E-state index in [1.807, 2.05) is 0 Å². The van der Waals surface area contributed by atoms with Crippen molar-refractivity contribution in [3.05, 3.63) is 28.8 Å². The summed E-state index contributed by atoms with van der Waals surface area (Å²) in [7, 11) is -3.68. The highest BCUT2D eigenvalue weighted by atomic mass is 35.5. The van der Waals surface area contributed by atoms with Crippen molar-refractivity contribution in [3.8, 4) is 0 Å². The standard InChI is InChI=1S/C16H20ClNO5S/c1-11(19)12(2)23-16(20)14-10-13(6-7-15(14)17)24(21,22)18-8-4-3-5-9-18/h6-7,10,12H,3-5,8-9H2,1-2H3. The van der Waals surface area contributed by atoms with Crippen molar-refractivity contribution in [3.63, 3.8) is 0 Å². The van der Waals surface area contributed by atoms with Crippen molar-refractivity contribution < 1.29 is 22.7 Å². The van der Waals surface area contributed by atoms with Crippen LogP contribution in [0.3, 0.4) is 0 Å². The van der Waals surface area contributed by atoms with Gasteiger partial charge in [0.05, 0.1) is 15.5 Å². The Morgan fingerprint density at radius 1 is 1.21 bits per heavy atom.